The predicted octanol–water partition coefficient (Wildman–Crippen LogP) is 8.94. The number of rotatable bonds is 6. The Morgan fingerprint density at radius 2 is 1.29 bits per heavy atom. The summed E-state index contributed by atoms with van der Waals surface area (Å²) in [4.78, 5) is 0. The molecule has 0 spiro atoms. The molecule has 4 nitrogen and oxygen atoms in total. The highest BCUT2D eigenvalue weighted by Crippen LogP contribution is 2.47. The van der Waals surface area contributed by atoms with Crippen LogP contribution in [0.2, 0.25) is 19.6 Å². The van der Waals surface area contributed by atoms with Crippen molar-refractivity contribution in [2.45, 2.75) is 58.5 Å². The highest BCUT2D eigenvalue weighted by Gasteiger charge is 2.52. The first kappa shape index (κ1) is 32.4. The Kier molecular flexibility index (Phi) is 8.93. The van der Waals surface area contributed by atoms with E-state index in [0.29, 0.717) is 0 Å². The van der Waals surface area contributed by atoms with Gasteiger partial charge in [0.25, 0.3) is 0 Å². The van der Waals surface area contributed by atoms with Crippen LogP contribution in [-0.4, -0.2) is 25.4 Å². The average molecular weight is 632 g/mol. The van der Waals surface area contributed by atoms with E-state index in [9.17, 15) is 17.3 Å². The van der Waals surface area contributed by atoms with Crippen molar-refractivity contribution in [2.75, 3.05) is 0 Å². The topological polar surface area (TPSA) is 30.9 Å². The SMILES string of the molecule is Cc1cc(C)c(-n2c[n+]3c(n2)-c2ccccc2CC3C(O[Si](C)(C)C)(c2ccccc2)c2ccccc2)c(C)c1.F[B-](F)(F)F. The van der Waals surface area contributed by atoms with Crippen LogP contribution in [-0.2, 0) is 16.4 Å². The molecule has 234 valence electrons. The van der Waals surface area contributed by atoms with Crippen LogP contribution in [0.15, 0.2) is 103 Å². The van der Waals surface area contributed by atoms with Crippen LogP contribution in [0, 0.1) is 20.8 Å². The van der Waals surface area contributed by atoms with E-state index in [2.05, 4.69) is 153 Å². The molecule has 0 aliphatic carbocycles. The Morgan fingerprint density at radius 3 is 1.80 bits per heavy atom. The zero-order valence-electron chi connectivity index (χ0n) is 26.4. The van der Waals surface area contributed by atoms with Gasteiger partial charge in [0, 0.05) is 6.42 Å². The molecule has 0 bridgehead atoms. The van der Waals surface area contributed by atoms with E-state index in [1.807, 2.05) is 0 Å². The molecule has 0 radical (unpaired) electrons. The van der Waals surface area contributed by atoms with Gasteiger partial charge in [-0.05, 0) is 74.3 Å². The molecule has 10 heteroatoms. The van der Waals surface area contributed by atoms with E-state index in [0.717, 1.165) is 17.9 Å². The van der Waals surface area contributed by atoms with Gasteiger partial charge in [-0.15, -0.1) is 0 Å². The summed E-state index contributed by atoms with van der Waals surface area (Å²) in [7, 11) is -8.08. The van der Waals surface area contributed by atoms with Crippen molar-refractivity contribution in [1.29, 1.82) is 0 Å². The maximum absolute atomic E-state index is 9.75. The lowest BCUT2D eigenvalue weighted by atomic mass is 9.76. The first-order chi connectivity index (χ1) is 21.2. The number of nitrogens with zero attached hydrogens (tertiary/aromatic N) is 3. The van der Waals surface area contributed by atoms with E-state index in [4.69, 9.17) is 9.52 Å². The highest BCUT2D eigenvalue weighted by atomic mass is 28.4. The van der Waals surface area contributed by atoms with Crippen molar-refractivity contribution in [3.8, 4) is 17.1 Å². The van der Waals surface area contributed by atoms with Crippen molar-refractivity contribution in [3.63, 3.8) is 0 Å². The zero-order chi connectivity index (χ0) is 32.6. The lowest BCUT2D eigenvalue weighted by Crippen LogP contribution is -2.58. The molecule has 1 aliphatic heterocycles. The number of benzene rings is 4. The van der Waals surface area contributed by atoms with E-state index in [1.165, 1.54) is 38.9 Å². The second-order valence-electron chi connectivity index (χ2n) is 12.6. The Hall–Kier alpha value is -4.02. The summed E-state index contributed by atoms with van der Waals surface area (Å²) >= 11 is 0. The molecule has 5 aromatic rings. The maximum Gasteiger partial charge on any atom is 0.673 e. The van der Waals surface area contributed by atoms with Crippen molar-refractivity contribution < 1.29 is 26.3 Å². The van der Waals surface area contributed by atoms with Gasteiger partial charge in [0.2, 0.25) is 6.33 Å². The third kappa shape index (κ3) is 6.97. The predicted molar refractivity (Wildman–Crippen MR) is 174 cm³/mol. The Balaban J connectivity index is 0.000000743. The molecule has 0 saturated carbocycles. The van der Waals surface area contributed by atoms with Crippen LogP contribution >= 0.6 is 0 Å². The molecule has 2 heterocycles. The minimum absolute atomic E-state index is 0.0475. The molecular formula is C35H38BF4N3OSi. The molecule has 0 N–H and O–H groups in total. The van der Waals surface area contributed by atoms with Gasteiger partial charge in [0.1, 0.15) is 17.3 Å². The molecule has 0 saturated heterocycles. The monoisotopic (exact) mass is 631 g/mol. The first-order valence-electron chi connectivity index (χ1n) is 15.0. The summed E-state index contributed by atoms with van der Waals surface area (Å²) in [5.41, 5.74) is 8.96. The Morgan fingerprint density at radius 1 is 0.800 bits per heavy atom. The normalized spacial score (nSPS) is 14.7. The number of aromatic nitrogens is 3. The number of aryl methyl sites for hydroxylation is 3. The molecule has 1 unspecified atom stereocenters. The van der Waals surface area contributed by atoms with Gasteiger partial charge in [-0.25, -0.2) is 4.57 Å². The number of hydrogen-bond acceptors (Lipinski definition) is 2. The van der Waals surface area contributed by atoms with Gasteiger partial charge in [-0.3, -0.25) is 0 Å². The third-order valence-electron chi connectivity index (χ3n) is 7.89. The second kappa shape index (κ2) is 12.4. The molecule has 1 aliphatic rings. The van der Waals surface area contributed by atoms with Gasteiger partial charge in [0.05, 0.1) is 10.7 Å². The largest absolute Gasteiger partial charge is 0.673 e. The van der Waals surface area contributed by atoms with Crippen molar-refractivity contribution in [1.82, 2.24) is 9.78 Å². The van der Waals surface area contributed by atoms with Crippen LogP contribution < -0.4 is 4.57 Å². The lowest BCUT2D eigenvalue weighted by molar-refractivity contribution is -0.729. The van der Waals surface area contributed by atoms with E-state index < -0.39 is 21.2 Å². The van der Waals surface area contributed by atoms with Crippen LogP contribution in [0.3, 0.4) is 0 Å². The summed E-state index contributed by atoms with van der Waals surface area (Å²) in [5, 5.41) is 5.30. The number of halogens is 4. The minimum Gasteiger partial charge on any atom is -0.418 e. The Labute approximate surface area is 263 Å². The van der Waals surface area contributed by atoms with Crippen molar-refractivity contribution in [3.05, 3.63) is 137 Å². The summed E-state index contributed by atoms with van der Waals surface area (Å²) in [5.74, 6) is 0.974. The Bertz CT molecular complexity index is 1720. The first-order valence-corrected chi connectivity index (χ1v) is 18.4. The van der Waals surface area contributed by atoms with E-state index >= 15 is 0 Å². The molecule has 6 rings (SSSR count). The third-order valence-corrected chi connectivity index (χ3v) is 8.83. The minimum atomic E-state index is -6.00. The number of hydrogen-bond donors (Lipinski definition) is 0. The molecule has 4 aromatic carbocycles. The molecule has 0 fully saturated rings. The fourth-order valence-corrected chi connectivity index (χ4v) is 7.91. The van der Waals surface area contributed by atoms with Gasteiger partial charge in [-0.1, -0.05) is 101 Å². The second-order valence-corrected chi connectivity index (χ2v) is 17.0. The molecule has 1 aromatic heterocycles. The lowest BCUT2D eigenvalue weighted by Gasteiger charge is -2.45. The smallest absolute Gasteiger partial charge is 0.418 e. The van der Waals surface area contributed by atoms with Crippen molar-refractivity contribution in [2.24, 2.45) is 0 Å². The highest BCUT2D eigenvalue weighted by molar-refractivity contribution is 6.69. The number of fused-ring (bicyclic) bond motifs is 3. The fraction of sp³-hybridized carbons (Fsp3) is 0.257. The maximum atomic E-state index is 9.75. The molecular weight excluding hydrogens is 593 g/mol. The fourth-order valence-electron chi connectivity index (χ4n) is 6.57. The van der Waals surface area contributed by atoms with Gasteiger partial charge in [0.15, 0.2) is 8.32 Å². The quantitative estimate of drug-likeness (QED) is 0.106. The van der Waals surface area contributed by atoms with Crippen LogP contribution in [0.4, 0.5) is 17.3 Å². The standard InChI is InChI=1S/C35H38N3OSi.BF4/c1-25-21-26(2)33(27(3)22-25)38-24-37-32(23-28-15-13-14-20-31(28)34(37)36-38)35(39-40(4,5)6,29-16-9-7-10-17-29)30-18-11-8-12-19-30;2-1(3,4)5/h7-22,24,32H,23H2,1-6H3;/q+1;-1. The summed E-state index contributed by atoms with van der Waals surface area (Å²) in [6.45, 7) is 13.4. The molecule has 0 amide bonds. The molecule has 1 atom stereocenters. The van der Waals surface area contributed by atoms with Gasteiger partial charge >= 0.3 is 13.1 Å². The average Bonchev–Trinajstić information content (AvgIpc) is 3.40. The summed E-state index contributed by atoms with van der Waals surface area (Å²) in [6.07, 6.45) is 3.04. The van der Waals surface area contributed by atoms with Gasteiger partial charge < -0.3 is 21.7 Å². The summed E-state index contributed by atoms with van der Waals surface area (Å²) in [6, 6.07) is 34.8. The van der Waals surface area contributed by atoms with E-state index in [-0.39, 0.29) is 6.04 Å². The zero-order valence-corrected chi connectivity index (χ0v) is 27.4. The van der Waals surface area contributed by atoms with Crippen LogP contribution in [0.25, 0.3) is 17.1 Å². The van der Waals surface area contributed by atoms with Crippen molar-refractivity contribution >= 4 is 15.6 Å². The molecule has 45 heavy (non-hydrogen) atoms. The summed E-state index contributed by atoms with van der Waals surface area (Å²) < 4.78 is 50.9. The van der Waals surface area contributed by atoms with Gasteiger partial charge in [-0.2, -0.15) is 0 Å². The van der Waals surface area contributed by atoms with E-state index in [1.54, 1.807) is 0 Å². The van der Waals surface area contributed by atoms with Crippen LogP contribution in [0.5, 0.6) is 0 Å². The van der Waals surface area contributed by atoms with Crippen LogP contribution in [0.1, 0.15) is 39.4 Å².